The van der Waals surface area contributed by atoms with Gasteiger partial charge >= 0.3 is 0 Å². The first-order valence-corrected chi connectivity index (χ1v) is 10.2. The second kappa shape index (κ2) is 8.05. The van der Waals surface area contributed by atoms with Gasteiger partial charge in [-0.15, -0.1) is 5.10 Å². The van der Waals surface area contributed by atoms with E-state index in [-0.39, 0.29) is 5.92 Å². The van der Waals surface area contributed by atoms with Crippen LogP contribution in [-0.4, -0.2) is 58.1 Å². The predicted octanol–water partition coefficient (Wildman–Crippen LogP) is 1.58. The Morgan fingerprint density at radius 2 is 2.15 bits per heavy atom. The van der Waals surface area contributed by atoms with E-state index in [4.69, 9.17) is 4.74 Å². The minimum absolute atomic E-state index is 0.168. The molecule has 1 aliphatic carbocycles. The smallest absolute Gasteiger partial charge is 0.224 e. The van der Waals surface area contributed by atoms with E-state index in [1.807, 2.05) is 10.9 Å². The van der Waals surface area contributed by atoms with Crippen LogP contribution >= 0.6 is 0 Å². The molecule has 4 unspecified atom stereocenters. The van der Waals surface area contributed by atoms with Gasteiger partial charge in [-0.25, -0.2) is 0 Å². The first-order chi connectivity index (χ1) is 12.7. The third kappa shape index (κ3) is 3.93. The van der Waals surface area contributed by atoms with E-state index < -0.39 is 0 Å². The number of hydrogen-bond donors (Lipinski definition) is 1. The molecule has 0 spiro atoms. The Hall–Kier alpha value is -1.47. The third-order valence-electron chi connectivity index (χ3n) is 6.44. The zero-order chi connectivity index (χ0) is 17.9. The summed E-state index contributed by atoms with van der Waals surface area (Å²) in [6.07, 6.45) is 10.4. The number of fused-ring (bicyclic) bond motifs is 3. The highest BCUT2D eigenvalue weighted by Crippen LogP contribution is 2.37. The van der Waals surface area contributed by atoms with Gasteiger partial charge in [0.25, 0.3) is 0 Å². The second-order valence-electron chi connectivity index (χ2n) is 8.25. The molecule has 1 amide bonds. The van der Waals surface area contributed by atoms with Gasteiger partial charge in [-0.1, -0.05) is 24.5 Å². The molecule has 3 aliphatic heterocycles. The summed E-state index contributed by atoms with van der Waals surface area (Å²) in [5.41, 5.74) is 0.869. The van der Waals surface area contributed by atoms with E-state index in [1.54, 1.807) is 7.11 Å². The maximum Gasteiger partial charge on any atom is 0.224 e. The molecule has 1 aromatic heterocycles. The number of amides is 1. The SMILES string of the molecule is COCc1cn(CC2CC3CCN2CC3C(=O)NC2CCCCC2)nn1. The quantitative estimate of drug-likeness (QED) is 0.833. The molecule has 5 rings (SSSR count). The zero-order valence-electron chi connectivity index (χ0n) is 15.8. The highest BCUT2D eigenvalue weighted by molar-refractivity contribution is 5.79. The van der Waals surface area contributed by atoms with Crippen molar-refractivity contribution in [3.05, 3.63) is 11.9 Å². The molecule has 1 N–H and O–H groups in total. The number of aromatic nitrogens is 3. The molecule has 4 fully saturated rings. The van der Waals surface area contributed by atoms with Crippen LogP contribution < -0.4 is 5.32 Å². The number of carbonyl (C=O) groups excluding carboxylic acids is 1. The average Bonchev–Trinajstić information content (AvgIpc) is 3.10. The molecule has 1 saturated carbocycles. The van der Waals surface area contributed by atoms with Gasteiger partial charge < -0.3 is 10.1 Å². The summed E-state index contributed by atoms with van der Waals surface area (Å²) in [7, 11) is 1.67. The van der Waals surface area contributed by atoms with E-state index in [2.05, 4.69) is 20.5 Å². The van der Waals surface area contributed by atoms with Crippen molar-refractivity contribution < 1.29 is 9.53 Å². The molecule has 7 heteroatoms. The van der Waals surface area contributed by atoms with Crippen LogP contribution in [0.25, 0.3) is 0 Å². The van der Waals surface area contributed by atoms with Crippen molar-refractivity contribution in [2.45, 2.75) is 70.2 Å². The number of piperidine rings is 3. The lowest BCUT2D eigenvalue weighted by Gasteiger charge is -2.49. The molecule has 7 nitrogen and oxygen atoms in total. The number of rotatable bonds is 6. The van der Waals surface area contributed by atoms with Crippen LogP contribution in [0, 0.1) is 11.8 Å². The summed E-state index contributed by atoms with van der Waals surface area (Å²) in [5.74, 6) is 0.977. The number of methoxy groups -OCH3 is 1. The molecule has 0 radical (unpaired) electrons. The molecule has 3 saturated heterocycles. The van der Waals surface area contributed by atoms with Crippen LogP contribution in [-0.2, 0) is 22.7 Å². The molecule has 4 atom stereocenters. The Kier molecular flexibility index (Phi) is 5.55. The van der Waals surface area contributed by atoms with Crippen molar-refractivity contribution >= 4 is 5.91 Å². The van der Waals surface area contributed by atoms with E-state index in [0.717, 1.165) is 51.0 Å². The van der Waals surface area contributed by atoms with Gasteiger partial charge in [0.2, 0.25) is 5.91 Å². The normalized spacial score (nSPS) is 31.9. The van der Waals surface area contributed by atoms with Crippen LogP contribution in [0.2, 0.25) is 0 Å². The molecule has 0 aromatic carbocycles. The topological polar surface area (TPSA) is 72.3 Å². The minimum atomic E-state index is 0.168. The Balaban J connectivity index is 1.32. The van der Waals surface area contributed by atoms with Gasteiger partial charge in [-0.3, -0.25) is 14.4 Å². The lowest BCUT2D eigenvalue weighted by atomic mass is 9.75. The van der Waals surface area contributed by atoms with Crippen LogP contribution in [0.5, 0.6) is 0 Å². The third-order valence-corrected chi connectivity index (χ3v) is 6.44. The molecule has 26 heavy (non-hydrogen) atoms. The number of carbonyl (C=O) groups is 1. The summed E-state index contributed by atoms with van der Waals surface area (Å²) in [6.45, 7) is 3.35. The van der Waals surface area contributed by atoms with E-state index in [1.165, 1.54) is 19.3 Å². The highest BCUT2D eigenvalue weighted by Gasteiger charge is 2.43. The van der Waals surface area contributed by atoms with Crippen molar-refractivity contribution in [3.8, 4) is 0 Å². The number of hydrogen-bond acceptors (Lipinski definition) is 5. The first kappa shape index (κ1) is 17.9. The fourth-order valence-electron chi connectivity index (χ4n) is 5.04. The minimum Gasteiger partial charge on any atom is -0.378 e. The standard InChI is InChI=1S/C19H31N5O2/c1-26-13-16-10-24(22-21-16)11-17-9-14-7-8-23(17)12-18(14)19(25)20-15-5-3-2-4-6-15/h10,14-15,17-18H,2-9,11-13H2,1H3,(H,20,25). The van der Waals surface area contributed by atoms with Gasteiger partial charge in [0.1, 0.15) is 5.69 Å². The number of nitrogens with one attached hydrogen (secondary N) is 1. The number of ether oxygens (including phenoxy) is 1. The second-order valence-corrected chi connectivity index (χ2v) is 8.25. The molecule has 2 bridgehead atoms. The van der Waals surface area contributed by atoms with Crippen molar-refractivity contribution in [2.75, 3.05) is 20.2 Å². The molecular weight excluding hydrogens is 330 g/mol. The zero-order valence-corrected chi connectivity index (χ0v) is 15.8. The Morgan fingerprint density at radius 1 is 1.31 bits per heavy atom. The first-order valence-electron chi connectivity index (χ1n) is 10.2. The summed E-state index contributed by atoms with van der Waals surface area (Å²) in [6, 6.07) is 0.876. The van der Waals surface area contributed by atoms with Gasteiger partial charge in [0, 0.05) is 25.7 Å². The summed E-state index contributed by atoms with van der Waals surface area (Å²) >= 11 is 0. The lowest BCUT2D eigenvalue weighted by Crippen LogP contribution is -2.58. The molecule has 4 aliphatic rings. The van der Waals surface area contributed by atoms with E-state index in [0.29, 0.717) is 30.5 Å². The Morgan fingerprint density at radius 3 is 2.88 bits per heavy atom. The fraction of sp³-hybridized carbons (Fsp3) is 0.842. The largest absolute Gasteiger partial charge is 0.378 e. The van der Waals surface area contributed by atoms with Gasteiger partial charge in [0.15, 0.2) is 0 Å². The summed E-state index contributed by atoms with van der Waals surface area (Å²) < 4.78 is 7.04. The van der Waals surface area contributed by atoms with Crippen molar-refractivity contribution in [2.24, 2.45) is 11.8 Å². The van der Waals surface area contributed by atoms with E-state index in [9.17, 15) is 4.79 Å². The van der Waals surface area contributed by atoms with Crippen LogP contribution in [0.3, 0.4) is 0 Å². The predicted molar refractivity (Wildman–Crippen MR) is 97.3 cm³/mol. The van der Waals surface area contributed by atoms with Crippen molar-refractivity contribution in [3.63, 3.8) is 0 Å². The van der Waals surface area contributed by atoms with Crippen LogP contribution in [0.4, 0.5) is 0 Å². The number of nitrogens with zero attached hydrogens (tertiary/aromatic N) is 4. The maximum atomic E-state index is 12.8. The molecule has 4 heterocycles. The van der Waals surface area contributed by atoms with Gasteiger partial charge in [-0.05, 0) is 38.1 Å². The lowest BCUT2D eigenvalue weighted by molar-refractivity contribution is -0.134. The highest BCUT2D eigenvalue weighted by atomic mass is 16.5. The molecule has 144 valence electrons. The molecule has 1 aromatic rings. The van der Waals surface area contributed by atoms with Crippen LogP contribution in [0.1, 0.15) is 50.6 Å². The average molecular weight is 361 g/mol. The monoisotopic (exact) mass is 361 g/mol. The Labute approximate surface area is 155 Å². The molecular formula is C19H31N5O2. The fourth-order valence-corrected chi connectivity index (χ4v) is 5.04. The summed E-state index contributed by atoms with van der Waals surface area (Å²) in [4.78, 5) is 15.3. The summed E-state index contributed by atoms with van der Waals surface area (Å²) in [5, 5.41) is 11.7. The van der Waals surface area contributed by atoms with E-state index >= 15 is 0 Å². The Bertz CT molecular complexity index is 613. The maximum absolute atomic E-state index is 12.8. The van der Waals surface area contributed by atoms with Crippen LogP contribution in [0.15, 0.2) is 6.20 Å². The van der Waals surface area contributed by atoms with Crippen molar-refractivity contribution in [1.82, 2.24) is 25.2 Å². The van der Waals surface area contributed by atoms with Gasteiger partial charge in [0.05, 0.1) is 25.3 Å². The van der Waals surface area contributed by atoms with Crippen molar-refractivity contribution in [1.29, 1.82) is 0 Å². The van der Waals surface area contributed by atoms with Gasteiger partial charge in [-0.2, -0.15) is 0 Å².